The zero-order chi connectivity index (χ0) is 23.9. The van der Waals surface area contributed by atoms with Gasteiger partial charge in [-0.25, -0.2) is 8.42 Å². The maximum atomic E-state index is 12.4. The Hall–Kier alpha value is -2.94. The van der Waals surface area contributed by atoms with Crippen LogP contribution in [0.15, 0.2) is 42.5 Å². The number of methoxy groups -OCH3 is 2. The summed E-state index contributed by atoms with van der Waals surface area (Å²) in [5.74, 6) is 1.08. The van der Waals surface area contributed by atoms with Crippen LogP contribution in [0.25, 0.3) is 0 Å². The molecule has 176 valence electrons. The lowest BCUT2D eigenvalue weighted by Crippen LogP contribution is -2.41. The number of hydrogen-bond acceptors (Lipinski definition) is 6. The minimum Gasteiger partial charge on any atom is -0.493 e. The van der Waals surface area contributed by atoms with E-state index in [1.54, 1.807) is 12.1 Å². The summed E-state index contributed by atoms with van der Waals surface area (Å²) in [7, 11) is -0.762. The van der Waals surface area contributed by atoms with Gasteiger partial charge >= 0.3 is 0 Å². The first kappa shape index (κ1) is 25.3. The van der Waals surface area contributed by atoms with Crippen LogP contribution >= 0.6 is 0 Å². The van der Waals surface area contributed by atoms with Gasteiger partial charge in [-0.1, -0.05) is 32.9 Å². The summed E-state index contributed by atoms with van der Waals surface area (Å²) in [6.45, 7) is 6.55. The van der Waals surface area contributed by atoms with Gasteiger partial charge < -0.3 is 19.5 Å². The van der Waals surface area contributed by atoms with Gasteiger partial charge in [-0.15, -0.1) is 0 Å². The molecule has 0 fully saturated rings. The van der Waals surface area contributed by atoms with Crippen molar-refractivity contribution in [1.29, 1.82) is 0 Å². The molecule has 2 aromatic rings. The Morgan fingerprint density at radius 3 is 2.16 bits per heavy atom. The average molecular weight is 465 g/mol. The fourth-order valence-electron chi connectivity index (χ4n) is 2.98. The molecule has 0 unspecified atom stereocenters. The maximum absolute atomic E-state index is 12.4. The van der Waals surface area contributed by atoms with Gasteiger partial charge in [0.25, 0.3) is 0 Å². The predicted molar refractivity (Wildman–Crippen MR) is 125 cm³/mol. The molecule has 0 saturated carbocycles. The van der Waals surface area contributed by atoms with Crippen molar-refractivity contribution in [2.75, 3.05) is 44.5 Å². The summed E-state index contributed by atoms with van der Waals surface area (Å²) in [5.41, 5.74) is 1.57. The zero-order valence-electron chi connectivity index (χ0n) is 19.5. The van der Waals surface area contributed by atoms with E-state index in [4.69, 9.17) is 14.2 Å². The van der Waals surface area contributed by atoms with Crippen molar-refractivity contribution in [3.05, 3.63) is 48.0 Å². The second kappa shape index (κ2) is 10.6. The second-order valence-corrected chi connectivity index (χ2v) is 10.2. The normalized spacial score (nSPS) is 11.6. The number of sulfonamides is 1. The first-order chi connectivity index (χ1) is 15.0. The van der Waals surface area contributed by atoms with E-state index < -0.39 is 15.9 Å². The van der Waals surface area contributed by atoms with E-state index in [9.17, 15) is 13.2 Å². The number of nitrogens with zero attached hydrogens (tertiary/aromatic N) is 1. The second-order valence-electron chi connectivity index (χ2n) is 8.28. The number of carbonyl (C=O) groups is 1. The maximum Gasteiger partial charge on any atom is 0.240 e. The van der Waals surface area contributed by atoms with Crippen LogP contribution in [0.1, 0.15) is 26.3 Å². The molecule has 0 aliphatic carbocycles. The van der Waals surface area contributed by atoms with Crippen LogP contribution in [0, 0.1) is 0 Å². The quantitative estimate of drug-likeness (QED) is 0.544. The van der Waals surface area contributed by atoms with Crippen molar-refractivity contribution < 1.29 is 27.4 Å². The zero-order valence-corrected chi connectivity index (χ0v) is 20.3. The molecule has 0 saturated heterocycles. The average Bonchev–Trinajstić information content (AvgIpc) is 2.73. The van der Waals surface area contributed by atoms with E-state index in [1.807, 2.05) is 24.3 Å². The molecule has 0 aliphatic heterocycles. The van der Waals surface area contributed by atoms with Crippen molar-refractivity contribution in [3.63, 3.8) is 0 Å². The minimum atomic E-state index is -3.70. The fourth-order valence-corrected chi connectivity index (χ4v) is 3.83. The number of carbonyl (C=O) groups excluding carboxylic acids is 1. The smallest absolute Gasteiger partial charge is 0.240 e. The molecule has 0 atom stereocenters. The van der Waals surface area contributed by atoms with Crippen LogP contribution < -0.4 is 23.8 Å². The highest BCUT2D eigenvalue weighted by Gasteiger charge is 2.22. The van der Waals surface area contributed by atoms with Crippen molar-refractivity contribution in [2.24, 2.45) is 0 Å². The largest absolute Gasteiger partial charge is 0.493 e. The minimum absolute atomic E-state index is 0.0614. The van der Waals surface area contributed by atoms with Crippen molar-refractivity contribution in [3.8, 4) is 17.2 Å². The highest BCUT2D eigenvalue weighted by Crippen LogP contribution is 2.32. The van der Waals surface area contributed by atoms with E-state index in [1.165, 1.54) is 25.8 Å². The molecule has 0 spiro atoms. The number of rotatable bonds is 10. The molecule has 2 aromatic carbocycles. The lowest BCUT2D eigenvalue weighted by atomic mass is 9.87. The van der Waals surface area contributed by atoms with Crippen LogP contribution in [0.3, 0.4) is 0 Å². The number of amides is 1. The van der Waals surface area contributed by atoms with Gasteiger partial charge in [0, 0.05) is 6.07 Å². The number of hydrogen-bond donors (Lipinski definition) is 1. The third kappa shape index (κ3) is 7.05. The van der Waals surface area contributed by atoms with Crippen molar-refractivity contribution >= 4 is 21.6 Å². The van der Waals surface area contributed by atoms with E-state index >= 15 is 0 Å². The molecule has 0 heterocycles. The third-order valence-electron chi connectivity index (χ3n) is 4.76. The molecular formula is C23H32N2O6S. The van der Waals surface area contributed by atoms with Crippen LogP contribution in [0.4, 0.5) is 5.69 Å². The Labute approximate surface area is 190 Å². The van der Waals surface area contributed by atoms with Gasteiger partial charge in [-0.05, 0) is 35.2 Å². The molecule has 0 aromatic heterocycles. The highest BCUT2D eigenvalue weighted by atomic mass is 32.2. The summed E-state index contributed by atoms with van der Waals surface area (Å²) in [6, 6.07) is 12.5. The number of nitrogens with one attached hydrogen (secondary N) is 1. The predicted octanol–water partition coefficient (Wildman–Crippen LogP) is 2.96. The summed E-state index contributed by atoms with van der Waals surface area (Å²) in [4.78, 5) is 12.4. The Balaban J connectivity index is 1.94. The van der Waals surface area contributed by atoms with Gasteiger partial charge in [0.15, 0.2) is 11.5 Å². The summed E-state index contributed by atoms with van der Waals surface area (Å²) >= 11 is 0. The molecule has 8 nitrogen and oxygen atoms in total. The molecule has 1 amide bonds. The molecule has 1 N–H and O–H groups in total. The van der Waals surface area contributed by atoms with Crippen LogP contribution in [-0.4, -0.2) is 54.5 Å². The van der Waals surface area contributed by atoms with Crippen molar-refractivity contribution in [1.82, 2.24) is 5.32 Å². The molecule has 0 aliphatic rings. The highest BCUT2D eigenvalue weighted by molar-refractivity contribution is 7.92. The van der Waals surface area contributed by atoms with Crippen LogP contribution in [0.2, 0.25) is 0 Å². The van der Waals surface area contributed by atoms with Crippen LogP contribution in [0.5, 0.6) is 17.2 Å². The van der Waals surface area contributed by atoms with E-state index in [-0.39, 0.29) is 25.1 Å². The van der Waals surface area contributed by atoms with Gasteiger partial charge in [-0.2, -0.15) is 0 Å². The van der Waals surface area contributed by atoms with Gasteiger partial charge in [-0.3, -0.25) is 9.10 Å². The standard InChI is InChI=1S/C23H32N2O6S/c1-23(2,3)17-7-10-19(11-8-17)31-14-13-24-22(26)16-25(32(6,27)28)18-9-12-20(29-4)21(15-18)30-5/h7-12,15H,13-14,16H2,1-6H3,(H,24,26). The molecule has 0 bridgehead atoms. The molecule has 9 heteroatoms. The van der Waals surface area contributed by atoms with E-state index in [2.05, 4.69) is 26.1 Å². The summed E-state index contributed by atoms with van der Waals surface area (Å²) in [6.07, 6.45) is 1.04. The van der Waals surface area contributed by atoms with Gasteiger partial charge in [0.05, 0.1) is 32.7 Å². The molecule has 0 radical (unpaired) electrons. The summed E-state index contributed by atoms with van der Waals surface area (Å²) < 4.78 is 41.6. The number of benzene rings is 2. The lowest BCUT2D eigenvalue weighted by Gasteiger charge is -2.23. The monoisotopic (exact) mass is 464 g/mol. The SMILES string of the molecule is COc1ccc(N(CC(=O)NCCOc2ccc(C(C)(C)C)cc2)S(C)(=O)=O)cc1OC. The number of anilines is 1. The van der Waals surface area contributed by atoms with Crippen molar-refractivity contribution in [2.45, 2.75) is 26.2 Å². The number of ether oxygens (including phenoxy) is 3. The molecular weight excluding hydrogens is 432 g/mol. The van der Waals surface area contributed by atoms with E-state index in [0.29, 0.717) is 22.9 Å². The Morgan fingerprint density at radius 1 is 1.00 bits per heavy atom. The molecule has 2 rings (SSSR count). The van der Waals surface area contributed by atoms with Crippen LogP contribution in [-0.2, 0) is 20.2 Å². The molecule has 32 heavy (non-hydrogen) atoms. The fraction of sp³-hybridized carbons (Fsp3) is 0.435. The first-order valence-corrected chi connectivity index (χ1v) is 12.0. The summed E-state index contributed by atoms with van der Waals surface area (Å²) in [5, 5.41) is 2.69. The van der Waals surface area contributed by atoms with E-state index in [0.717, 1.165) is 10.6 Å². The van der Waals surface area contributed by atoms with Gasteiger partial charge in [0.2, 0.25) is 15.9 Å². The first-order valence-electron chi connectivity index (χ1n) is 10.2. The van der Waals surface area contributed by atoms with Gasteiger partial charge in [0.1, 0.15) is 18.9 Å². The lowest BCUT2D eigenvalue weighted by molar-refractivity contribution is -0.119. The Morgan fingerprint density at radius 2 is 1.62 bits per heavy atom. The topological polar surface area (TPSA) is 94.2 Å². The Kier molecular flexibility index (Phi) is 8.38. The Bertz CT molecular complexity index is 1010. The third-order valence-corrected chi connectivity index (χ3v) is 5.90.